The first-order chi connectivity index (χ1) is 7.66. The van der Waals surface area contributed by atoms with Crippen LogP contribution in [0.15, 0.2) is 0 Å². The van der Waals surface area contributed by atoms with Gasteiger partial charge in [-0.2, -0.15) is 0 Å². The highest BCUT2D eigenvalue weighted by Crippen LogP contribution is 1.83. The van der Waals surface area contributed by atoms with Gasteiger partial charge in [-0.3, -0.25) is 9.59 Å². The SMILES string of the molecule is C#CC(=O)NCCOCCOCCC(=O)O. The fourth-order valence-corrected chi connectivity index (χ4v) is 0.769. The summed E-state index contributed by atoms with van der Waals surface area (Å²) >= 11 is 0. The van der Waals surface area contributed by atoms with Gasteiger partial charge >= 0.3 is 5.97 Å². The van der Waals surface area contributed by atoms with Crippen LogP contribution in [0.3, 0.4) is 0 Å². The van der Waals surface area contributed by atoms with E-state index >= 15 is 0 Å². The zero-order valence-electron chi connectivity index (χ0n) is 8.90. The van der Waals surface area contributed by atoms with E-state index in [-0.39, 0.29) is 13.0 Å². The molecule has 0 unspecified atom stereocenters. The van der Waals surface area contributed by atoms with E-state index in [1.807, 2.05) is 5.92 Å². The summed E-state index contributed by atoms with van der Waals surface area (Å²) in [7, 11) is 0. The molecule has 16 heavy (non-hydrogen) atoms. The fourth-order valence-electron chi connectivity index (χ4n) is 0.769. The number of ether oxygens (including phenoxy) is 2. The Balaban J connectivity index is 3.08. The van der Waals surface area contributed by atoms with E-state index in [1.165, 1.54) is 0 Å². The molecule has 0 rings (SSSR count). The average Bonchev–Trinajstić information content (AvgIpc) is 2.26. The third kappa shape index (κ3) is 10.5. The van der Waals surface area contributed by atoms with Gasteiger partial charge in [0.05, 0.1) is 32.8 Å². The molecule has 0 aromatic carbocycles. The molecule has 0 aliphatic carbocycles. The number of carbonyl (C=O) groups is 2. The van der Waals surface area contributed by atoms with Crippen molar-refractivity contribution in [1.29, 1.82) is 0 Å². The Kier molecular flexibility index (Phi) is 8.97. The van der Waals surface area contributed by atoms with Crippen LogP contribution in [0.4, 0.5) is 0 Å². The Labute approximate surface area is 93.9 Å². The first-order valence-corrected chi connectivity index (χ1v) is 4.78. The highest BCUT2D eigenvalue weighted by molar-refractivity contribution is 5.92. The van der Waals surface area contributed by atoms with Crippen molar-refractivity contribution in [2.24, 2.45) is 0 Å². The minimum atomic E-state index is -0.891. The van der Waals surface area contributed by atoms with E-state index in [9.17, 15) is 9.59 Å². The number of carboxylic acids is 1. The summed E-state index contributed by atoms with van der Waals surface area (Å²) in [6, 6.07) is 0. The maximum atomic E-state index is 10.6. The lowest BCUT2D eigenvalue weighted by molar-refractivity contribution is -0.138. The van der Waals surface area contributed by atoms with Crippen LogP contribution in [0.2, 0.25) is 0 Å². The van der Waals surface area contributed by atoms with Gasteiger partial charge in [-0.15, -0.1) is 6.42 Å². The summed E-state index contributed by atoms with van der Waals surface area (Å²) in [5.41, 5.74) is 0. The van der Waals surface area contributed by atoms with E-state index in [0.717, 1.165) is 0 Å². The van der Waals surface area contributed by atoms with Gasteiger partial charge in [0, 0.05) is 6.54 Å². The van der Waals surface area contributed by atoms with Gasteiger partial charge in [-0.05, 0) is 5.92 Å². The summed E-state index contributed by atoms with van der Waals surface area (Å²) in [4.78, 5) is 20.7. The molecular weight excluding hydrogens is 214 g/mol. The normalized spacial score (nSPS) is 9.44. The van der Waals surface area contributed by atoms with E-state index in [0.29, 0.717) is 26.4 Å². The molecule has 0 fully saturated rings. The van der Waals surface area contributed by atoms with E-state index < -0.39 is 11.9 Å². The largest absolute Gasteiger partial charge is 0.481 e. The summed E-state index contributed by atoms with van der Waals surface area (Å²) in [6.07, 6.45) is 4.81. The molecule has 0 atom stereocenters. The third-order valence-corrected chi connectivity index (χ3v) is 1.50. The summed E-state index contributed by atoms with van der Waals surface area (Å²) in [6.45, 7) is 1.54. The number of aliphatic carboxylic acids is 1. The fraction of sp³-hybridized carbons (Fsp3) is 0.600. The van der Waals surface area contributed by atoms with Crippen molar-refractivity contribution in [3.63, 3.8) is 0 Å². The number of carbonyl (C=O) groups excluding carboxylic acids is 1. The lowest BCUT2D eigenvalue weighted by atomic mass is 10.5. The lowest BCUT2D eigenvalue weighted by Crippen LogP contribution is -2.26. The van der Waals surface area contributed by atoms with Crippen molar-refractivity contribution < 1.29 is 24.2 Å². The van der Waals surface area contributed by atoms with Gasteiger partial charge < -0.3 is 19.9 Å². The lowest BCUT2D eigenvalue weighted by Gasteiger charge is -2.04. The topological polar surface area (TPSA) is 84.9 Å². The maximum absolute atomic E-state index is 10.6. The second-order valence-electron chi connectivity index (χ2n) is 2.77. The molecule has 90 valence electrons. The van der Waals surface area contributed by atoms with Gasteiger partial charge in [0.25, 0.3) is 5.91 Å². The van der Waals surface area contributed by atoms with Crippen molar-refractivity contribution in [2.75, 3.05) is 33.0 Å². The number of rotatable bonds is 9. The van der Waals surface area contributed by atoms with Gasteiger partial charge in [0.1, 0.15) is 0 Å². The zero-order valence-corrected chi connectivity index (χ0v) is 8.90. The summed E-state index contributed by atoms with van der Waals surface area (Å²) in [5.74, 6) is 0.547. The van der Waals surface area contributed by atoms with Crippen molar-refractivity contribution in [2.45, 2.75) is 6.42 Å². The molecule has 1 amide bonds. The van der Waals surface area contributed by atoms with Gasteiger partial charge in [-0.1, -0.05) is 0 Å². The highest BCUT2D eigenvalue weighted by atomic mass is 16.5. The molecule has 0 aliphatic rings. The minimum absolute atomic E-state index is 0.0156. The molecule has 2 N–H and O–H groups in total. The van der Waals surface area contributed by atoms with Gasteiger partial charge in [0.2, 0.25) is 0 Å². The van der Waals surface area contributed by atoms with E-state index in [2.05, 4.69) is 5.32 Å². The van der Waals surface area contributed by atoms with Gasteiger partial charge in [0.15, 0.2) is 0 Å². The van der Waals surface area contributed by atoms with Crippen LogP contribution < -0.4 is 5.32 Å². The van der Waals surface area contributed by atoms with Crippen molar-refractivity contribution >= 4 is 11.9 Å². The van der Waals surface area contributed by atoms with Crippen LogP contribution in [0, 0.1) is 12.3 Å². The van der Waals surface area contributed by atoms with Crippen molar-refractivity contribution in [3.8, 4) is 12.3 Å². The summed E-state index contributed by atoms with van der Waals surface area (Å²) < 4.78 is 10.0. The number of hydrogen-bond donors (Lipinski definition) is 2. The zero-order chi connectivity index (χ0) is 12.2. The standard InChI is InChI=1S/C10H15NO5/c1-2-9(12)11-4-6-16-8-7-15-5-3-10(13)14/h1H,3-8H2,(H,11,12)(H,13,14). The Morgan fingerprint density at radius 3 is 2.38 bits per heavy atom. The Morgan fingerprint density at radius 1 is 1.19 bits per heavy atom. The molecule has 0 saturated heterocycles. The van der Waals surface area contributed by atoms with Crippen molar-refractivity contribution in [3.05, 3.63) is 0 Å². The molecule has 0 aliphatic heterocycles. The maximum Gasteiger partial charge on any atom is 0.305 e. The predicted octanol–water partition coefficient (Wildman–Crippen LogP) is -0.756. The van der Waals surface area contributed by atoms with Gasteiger partial charge in [-0.25, -0.2) is 0 Å². The van der Waals surface area contributed by atoms with E-state index in [1.54, 1.807) is 0 Å². The molecule has 0 spiro atoms. The second-order valence-corrected chi connectivity index (χ2v) is 2.77. The monoisotopic (exact) mass is 229 g/mol. The molecule has 6 nitrogen and oxygen atoms in total. The first kappa shape index (κ1) is 14.4. The Hall–Kier alpha value is -1.58. The number of nitrogens with one attached hydrogen (secondary N) is 1. The first-order valence-electron chi connectivity index (χ1n) is 4.78. The smallest absolute Gasteiger partial charge is 0.305 e. The molecule has 0 saturated carbocycles. The minimum Gasteiger partial charge on any atom is -0.481 e. The van der Waals surface area contributed by atoms with E-state index in [4.69, 9.17) is 21.0 Å². The van der Waals surface area contributed by atoms with Crippen LogP contribution in [0.1, 0.15) is 6.42 Å². The number of hydrogen-bond acceptors (Lipinski definition) is 4. The second kappa shape index (κ2) is 9.96. The molecule has 0 aromatic rings. The molecule has 0 heterocycles. The van der Waals surface area contributed by atoms with Crippen LogP contribution in [-0.2, 0) is 19.1 Å². The van der Waals surface area contributed by atoms with Crippen LogP contribution in [0.25, 0.3) is 0 Å². The predicted molar refractivity (Wildman–Crippen MR) is 55.7 cm³/mol. The average molecular weight is 229 g/mol. The molecular formula is C10H15NO5. The molecule has 0 radical (unpaired) electrons. The molecule has 6 heteroatoms. The van der Waals surface area contributed by atoms with Crippen molar-refractivity contribution in [1.82, 2.24) is 5.32 Å². The summed E-state index contributed by atoms with van der Waals surface area (Å²) in [5, 5.41) is 10.7. The molecule has 0 bridgehead atoms. The highest BCUT2D eigenvalue weighted by Gasteiger charge is 1.96. The third-order valence-electron chi connectivity index (χ3n) is 1.50. The number of carboxylic acid groups (broad SMARTS) is 1. The van der Waals surface area contributed by atoms with Crippen LogP contribution >= 0.6 is 0 Å². The number of terminal acetylenes is 1. The Morgan fingerprint density at radius 2 is 1.81 bits per heavy atom. The van der Waals surface area contributed by atoms with Crippen LogP contribution in [0.5, 0.6) is 0 Å². The quantitative estimate of drug-likeness (QED) is 0.401. The number of amides is 1. The van der Waals surface area contributed by atoms with Crippen LogP contribution in [-0.4, -0.2) is 50.0 Å². The Bertz CT molecular complexity index is 258. The molecule has 0 aromatic heterocycles.